The first-order valence-corrected chi connectivity index (χ1v) is 11.2. The third kappa shape index (κ3) is 5.86. The predicted molar refractivity (Wildman–Crippen MR) is 124 cm³/mol. The third-order valence-electron chi connectivity index (χ3n) is 4.70. The van der Waals surface area contributed by atoms with Crippen molar-refractivity contribution in [3.63, 3.8) is 0 Å². The van der Waals surface area contributed by atoms with Crippen LogP contribution in [0, 0.1) is 13.8 Å². The summed E-state index contributed by atoms with van der Waals surface area (Å²) >= 11 is 7.40. The Morgan fingerprint density at radius 2 is 1.84 bits per heavy atom. The van der Waals surface area contributed by atoms with Gasteiger partial charge in [-0.05, 0) is 50.6 Å². The van der Waals surface area contributed by atoms with Crippen molar-refractivity contribution in [2.75, 3.05) is 11.1 Å². The molecule has 0 bridgehead atoms. The van der Waals surface area contributed by atoms with Crippen LogP contribution in [0.1, 0.15) is 34.2 Å². The monoisotopic (exact) mass is 457 g/mol. The topological polar surface area (TPSA) is 88.9 Å². The van der Waals surface area contributed by atoms with Gasteiger partial charge in [0.2, 0.25) is 5.91 Å². The number of thioether (sulfide) groups is 1. The number of nitrogens with zero attached hydrogens (tertiary/aromatic N) is 3. The summed E-state index contributed by atoms with van der Waals surface area (Å²) in [6.45, 7) is 6.67. The zero-order chi connectivity index (χ0) is 22.4. The summed E-state index contributed by atoms with van der Waals surface area (Å²) in [6.07, 6.45) is 0. The molecule has 1 heterocycles. The van der Waals surface area contributed by atoms with Crippen LogP contribution in [0.25, 0.3) is 0 Å². The highest BCUT2D eigenvalue weighted by molar-refractivity contribution is 7.99. The molecule has 162 valence electrons. The SMILES string of the molecule is CCn1c(CNC(=O)c2ccc(C)cc2)nnc1SCC(=O)Nc1cccc(Cl)c1C. The van der Waals surface area contributed by atoms with E-state index in [1.54, 1.807) is 24.3 Å². The van der Waals surface area contributed by atoms with E-state index in [-0.39, 0.29) is 24.1 Å². The highest BCUT2D eigenvalue weighted by atomic mass is 35.5. The average molecular weight is 458 g/mol. The van der Waals surface area contributed by atoms with Gasteiger partial charge in [0.15, 0.2) is 11.0 Å². The van der Waals surface area contributed by atoms with Crippen LogP contribution in [-0.4, -0.2) is 32.3 Å². The normalized spacial score (nSPS) is 10.7. The summed E-state index contributed by atoms with van der Waals surface area (Å²) in [6, 6.07) is 12.8. The van der Waals surface area contributed by atoms with Gasteiger partial charge in [0, 0.05) is 22.8 Å². The molecule has 0 aliphatic carbocycles. The summed E-state index contributed by atoms with van der Waals surface area (Å²) < 4.78 is 1.89. The van der Waals surface area contributed by atoms with E-state index in [1.165, 1.54) is 11.8 Å². The quantitative estimate of drug-likeness (QED) is 0.494. The molecule has 0 saturated heterocycles. The summed E-state index contributed by atoms with van der Waals surface area (Å²) in [7, 11) is 0. The summed E-state index contributed by atoms with van der Waals surface area (Å²) in [5.74, 6) is 0.489. The van der Waals surface area contributed by atoms with Gasteiger partial charge < -0.3 is 15.2 Å². The van der Waals surface area contributed by atoms with Gasteiger partial charge in [0.1, 0.15) is 0 Å². The second-order valence-corrected chi connectivity index (χ2v) is 8.29. The van der Waals surface area contributed by atoms with Gasteiger partial charge in [-0.15, -0.1) is 10.2 Å². The molecule has 0 spiro atoms. The molecule has 3 rings (SSSR count). The molecule has 2 aromatic carbocycles. The molecule has 2 amide bonds. The zero-order valence-electron chi connectivity index (χ0n) is 17.6. The van der Waals surface area contributed by atoms with Crippen LogP contribution in [0.3, 0.4) is 0 Å². The van der Waals surface area contributed by atoms with Crippen molar-refractivity contribution in [2.24, 2.45) is 0 Å². The van der Waals surface area contributed by atoms with E-state index in [2.05, 4.69) is 20.8 Å². The van der Waals surface area contributed by atoms with Gasteiger partial charge in [0.05, 0.1) is 12.3 Å². The number of aromatic nitrogens is 3. The van der Waals surface area contributed by atoms with Crippen molar-refractivity contribution in [1.82, 2.24) is 20.1 Å². The van der Waals surface area contributed by atoms with Gasteiger partial charge in [-0.2, -0.15) is 0 Å². The van der Waals surface area contributed by atoms with Crippen LogP contribution in [0.2, 0.25) is 5.02 Å². The van der Waals surface area contributed by atoms with Crippen LogP contribution >= 0.6 is 23.4 Å². The largest absolute Gasteiger partial charge is 0.345 e. The lowest BCUT2D eigenvalue weighted by molar-refractivity contribution is -0.113. The maximum absolute atomic E-state index is 12.4. The van der Waals surface area contributed by atoms with Crippen molar-refractivity contribution in [1.29, 1.82) is 0 Å². The predicted octanol–water partition coefficient (Wildman–Crippen LogP) is 4.23. The molecule has 0 aliphatic rings. The number of hydrogen-bond acceptors (Lipinski definition) is 5. The molecule has 7 nitrogen and oxygen atoms in total. The van der Waals surface area contributed by atoms with Crippen molar-refractivity contribution < 1.29 is 9.59 Å². The number of benzene rings is 2. The molecule has 0 radical (unpaired) electrons. The molecule has 31 heavy (non-hydrogen) atoms. The van der Waals surface area contributed by atoms with Gasteiger partial charge >= 0.3 is 0 Å². The Bertz CT molecular complexity index is 1080. The fourth-order valence-electron chi connectivity index (χ4n) is 2.90. The number of hydrogen-bond donors (Lipinski definition) is 2. The van der Waals surface area contributed by atoms with Crippen molar-refractivity contribution in [3.05, 3.63) is 70.0 Å². The Kier molecular flexibility index (Phi) is 7.70. The van der Waals surface area contributed by atoms with Crippen LogP contribution in [-0.2, 0) is 17.9 Å². The van der Waals surface area contributed by atoms with E-state index in [4.69, 9.17) is 11.6 Å². The van der Waals surface area contributed by atoms with Crippen molar-refractivity contribution in [3.8, 4) is 0 Å². The lowest BCUT2D eigenvalue weighted by atomic mass is 10.1. The van der Waals surface area contributed by atoms with Gasteiger partial charge in [-0.3, -0.25) is 9.59 Å². The number of rotatable bonds is 8. The maximum atomic E-state index is 12.4. The number of amides is 2. The molecule has 0 unspecified atom stereocenters. The number of halogens is 1. The standard InChI is InChI=1S/C22H24ClN5O2S/c1-4-28-19(12-24-21(30)16-10-8-14(2)9-11-16)26-27-22(28)31-13-20(29)25-18-7-5-6-17(23)15(18)3/h5-11H,4,12-13H2,1-3H3,(H,24,30)(H,25,29). The lowest BCUT2D eigenvalue weighted by Crippen LogP contribution is -2.24. The molecule has 0 atom stereocenters. The van der Waals surface area contributed by atoms with E-state index in [1.807, 2.05) is 43.5 Å². The molecule has 0 fully saturated rings. The van der Waals surface area contributed by atoms with Crippen molar-refractivity contribution >= 4 is 40.9 Å². The third-order valence-corrected chi connectivity index (χ3v) is 6.08. The smallest absolute Gasteiger partial charge is 0.251 e. The molecule has 0 saturated carbocycles. The van der Waals surface area contributed by atoms with Crippen LogP contribution in [0.4, 0.5) is 5.69 Å². The molecule has 9 heteroatoms. The van der Waals surface area contributed by atoms with Gasteiger partial charge in [0.25, 0.3) is 5.91 Å². The van der Waals surface area contributed by atoms with E-state index >= 15 is 0 Å². The summed E-state index contributed by atoms with van der Waals surface area (Å²) in [4.78, 5) is 24.7. The van der Waals surface area contributed by atoms with E-state index in [0.29, 0.717) is 33.8 Å². The second kappa shape index (κ2) is 10.5. The van der Waals surface area contributed by atoms with Gasteiger partial charge in [-0.1, -0.05) is 47.1 Å². The zero-order valence-corrected chi connectivity index (χ0v) is 19.2. The van der Waals surface area contributed by atoms with Gasteiger partial charge in [-0.25, -0.2) is 0 Å². The Labute approximate surface area is 190 Å². The molecular weight excluding hydrogens is 434 g/mol. The van der Waals surface area contributed by atoms with Crippen LogP contribution in [0.5, 0.6) is 0 Å². The highest BCUT2D eigenvalue weighted by Crippen LogP contribution is 2.24. The highest BCUT2D eigenvalue weighted by Gasteiger charge is 2.15. The Morgan fingerprint density at radius 3 is 2.55 bits per heavy atom. The Balaban J connectivity index is 1.58. The van der Waals surface area contributed by atoms with E-state index < -0.39 is 0 Å². The minimum atomic E-state index is -0.170. The first-order chi connectivity index (χ1) is 14.9. The Morgan fingerprint density at radius 1 is 1.10 bits per heavy atom. The summed E-state index contributed by atoms with van der Waals surface area (Å²) in [5, 5.41) is 15.3. The Hall–Kier alpha value is -2.84. The number of aryl methyl sites for hydroxylation is 1. The number of carbonyl (C=O) groups is 2. The fourth-order valence-corrected chi connectivity index (χ4v) is 3.90. The molecule has 1 aromatic heterocycles. The number of carbonyl (C=O) groups excluding carboxylic acids is 2. The lowest BCUT2D eigenvalue weighted by Gasteiger charge is -2.10. The van der Waals surface area contributed by atoms with Crippen LogP contribution in [0.15, 0.2) is 47.6 Å². The molecule has 0 aliphatic heterocycles. The number of nitrogens with one attached hydrogen (secondary N) is 2. The van der Waals surface area contributed by atoms with Crippen LogP contribution < -0.4 is 10.6 Å². The minimum Gasteiger partial charge on any atom is -0.345 e. The average Bonchev–Trinajstić information content (AvgIpc) is 3.16. The molecule has 2 N–H and O–H groups in total. The fraction of sp³-hybridized carbons (Fsp3) is 0.273. The molecule has 3 aromatic rings. The first kappa shape index (κ1) is 22.8. The van der Waals surface area contributed by atoms with Crippen molar-refractivity contribution in [2.45, 2.75) is 39.0 Å². The second-order valence-electron chi connectivity index (χ2n) is 6.94. The summed E-state index contributed by atoms with van der Waals surface area (Å²) in [5.41, 5.74) is 3.20. The maximum Gasteiger partial charge on any atom is 0.251 e. The molecular formula is C22H24ClN5O2S. The van der Waals surface area contributed by atoms with E-state index in [9.17, 15) is 9.59 Å². The first-order valence-electron chi connectivity index (χ1n) is 9.83. The minimum absolute atomic E-state index is 0.157. The number of anilines is 1. The van der Waals surface area contributed by atoms with E-state index in [0.717, 1.165) is 11.1 Å².